The van der Waals surface area contributed by atoms with Crippen molar-refractivity contribution in [1.82, 2.24) is 0 Å². The summed E-state index contributed by atoms with van der Waals surface area (Å²) in [5.41, 5.74) is 2.91. The molecule has 1 aromatic carbocycles. The summed E-state index contributed by atoms with van der Waals surface area (Å²) in [5.74, 6) is -0.104. The van der Waals surface area contributed by atoms with Crippen LogP contribution in [-0.2, 0) is 16.0 Å². The third-order valence-corrected chi connectivity index (χ3v) is 3.56. The van der Waals surface area contributed by atoms with Gasteiger partial charge in [0.2, 0.25) is 0 Å². The van der Waals surface area contributed by atoms with Gasteiger partial charge >= 0.3 is 5.97 Å². The number of hydrogen-bond acceptors (Lipinski definition) is 4. The molecule has 20 heavy (non-hydrogen) atoms. The largest absolute Gasteiger partial charge is 0.464 e. The van der Waals surface area contributed by atoms with Crippen LogP contribution >= 0.6 is 0 Å². The molecule has 1 aliphatic rings. The number of esters is 1. The summed E-state index contributed by atoms with van der Waals surface area (Å²) in [7, 11) is 0. The maximum Gasteiger partial charge on any atom is 0.325 e. The minimum atomic E-state index is -0.179. The Labute approximate surface area is 119 Å². The Morgan fingerprint density at radius 2 is 2.15 bits per heavy atom. The predicted molar refractivity (Wildman–Crippen MR) is 78.2 cm³/mol. The number of ketones is 1. The summed E-state index contributed by atoms with van der Waals surface area (Å²) in [4.78, 5) is 25.1. The molecule has 1 heterocycles. The van der Waals surface area contributed by atoms with Crippen molar-refractivity contribution in [2.24, 2.45) is 0 Å². The van der Waals surface area contributed by atoms with Gasteiger partial charge in [0.05, 0.1) is 6.61 Å². The van der Waals surface area contributed by atoms with Crippen LogP contribution in [0.4, 0.5) is 5.69 Å². The molecule has 0 amide bonds. The van der Waals surface area contributed by atoms with Gasteiger partial charge < -0.3 is 9.64 Å². The van der Waals surface area contributed by atoms with Crippen LogP contribution in [0.2, 0.25) is 0 Å². The standard InChI is InChI=1S/C16H21NO3/c1-3-4-9-20-16(19)11-17-8-7-14-10-13(12(2)18)5-6-15(14)17/h5-6,10H,3-4,7-9,11H2,1-2H3. The Bertz CT molecular complexity index is 510. The molecule has 4 nitrogen and oxygen atoms in total. The molecular formula is C16H21NO3. The van der Waals surface area contributed by atoms with E-state index >= 15 is 0 Å². The zero-order valence-electron chi connectivity index (χ0n) is 12.1. The number of nitrogens with zero attached hydrogens (tertiary/aromatic N) is 1. The quantitative estimate of drug-likeness (QED) is 0.455. The zero-order valence-corrected chi connectivity index (χ0v) is 12.1. The van der Waals surface area contributed by atoms with Crippen molar-refractivity contribution in [2.75, 3.05) is 24.6 Å². The van der Waals surface area contributed by atoms with E-state index in [2.05, 4.69) is 6.92 Å². The number of benzene rings is 1. The molecule has 0 saturated carbocycles. The van der Waals surface area contributed by atoms with E-state index in [1.54, 1.807) is 6.92 Å². The number of ether oxygens (including phenoxy) is 1. The van der Waals surface area contributed by atoms with Crippen LogP contribution in [0.1, 0.15) is 42.6 Å². The maximum atomic E-state index is 11.7. The molecule has 0 aromatic heterocycles. The normalized spacial score (nSPS) is 13.2. The number of rotatable bonds is 6. The molecule has 1 aromatic rings. The van der Waals surface area contributed by atoms with Crippen LogP contribution < -0.4 is 4.90 Å². The molecule has 0 radical (unpaired) electrons. The molecule has 0 spiro atoms. The minimum absolute atomic E-state index is 0.0743. The molecule has 108 valence electrons. The highest BCUT2D eigenvalue weighted by Gasteiger charge is 2.22. The van der Waals surface area contributed by atoms with Crippen molar-refractivity contribution in [2.45, 2.75) is 33.1 Å². The average molecular weight is 275 g/mol. The predicted octanol–water partition coefficient (Wildman–Crippen LogP) is 2.60. The lowest BCUT2D eigenvalue weighted by atomic mass is 10.1. The van der Waals surface area contributed by atoms with E-state index in [-0.39, 0.29) is 18.3 Å². The minimum Gasteiger partial charge on any atom is -0.464 e. The van der Waals surface area contributed by atoms with Crippen molar-refractivity contribution < 1.29 is 14.3 Å². The van der Waals surface area contributed by atoms with E-state index in [1.807, 2.05) is 23.1 Å². The summed E-state index contributed by atoms with van der Waals surface area (Å²) in [6.07, 6.45) is 2.80. The number of anilines is 1. The van der Waals surface area contributed by atoms with Crippen LogP contribution in [0, 0.1) is 0 Å². The van der Waals surface area contributed by atoms with E-state index in [4.69, 9.17) is 4.74 Å². The maximum absolute atomic E-state index is 11.7. The van der Waals surface area contributed by atoms with Gasteiger partial charge in [0, 0.05) is 17.8 Å². The molecule has 0 aliphatic carbocycles. The topological polar surface area (TPSA) is 46.6 Å². The highest BCUT2D eigenvalue weighted by atomic mass is 16.5. The van der Waals surface area contributed by atoms with Crippen molar-refractivity contribution in [1.29, 1.82) is 0 Å². The lowest BCUT2D eigenvalue weighted by Gasteiger charge is -2.18. The van der Waals surface area contributed by atoms with E-state index in [9.17, 15) is 9.59 Å². The van der Waals surface area contributed by atoms with Crippen molar-refractivity contribution in [3.8, 4) is 0 Å². The second kappa shape index (κ2) is 6.55. The van der Waals surface area contributed by atoms with Gasteiger partial charge in [-0.2, -0.15) is 0 Å². The second-order valence-corrected chi connectivity index (χ2v) is 5.15. The number of carbonyl (C=O) groups excluding carboxylic acids is 2. The number of hydrogen-bond donors (Lipinski definition) is 0. The van der Waals surface area contributed by atoms with E-state index in [0.29, 0.717) is 6.61 Å². The van der Waals surface area contributed by atoms with Gasteiger partial charge in [0.25, 0.3) is 0 Å². The second-order valence-electron chi connectivity index (χ2n) is 5.15. The number of fused-ring (bicyclic) bond motifs is 1. The summed E-state index contributed by atoms with van der Waals surface area (Å²) < 4.78 is 5.19. The molecule has 0 saturated heterocycles. The highest BCUT2D eigenvalue weighted by Crippen LogP contribution is 2.28. The fraction of sp³-hybridized carbons (Fsp3) is 0.500. The van der Waals surface area contributed by atoms with Crippen LogP contribution in [0.5, 0.6) is 0 Å². The first-order chi connectivity index (χ1) is 9.61. The SMILES string of the molecule is CCCCOC(=O)CN1CCc2cc(C(C)=O)ccc21. The molecule has 2 rings (SSSR count). The Morgan fingerprint density at radius 1 is 1.35 bits per heavy atom. The first kappa shape index (κ1) is 14.6. The third kappa shape index (κ3) is 3.38. The molecule has 1 aliphatic heterocycles. The summed E-state index contributed by atoms with van der Waals surface area (Å²) >= 11 is 0. The van der Waals surface area contributed by atoms with Crippen LogP contribution in [0.25, 0.3) is 0 Å². The van der Waals surface area contributed by atoms with Crippen molar-refractivity contribution in [3.05, 3.63) is 29.3 Å². The summed E-state index contributed by atoms with van der Waals surface area (Å²) in [5, 5.41) is 0. The van der Waals surface area contributed by atoms with Gasteiger partial charge in [-0.15, -0.1) is 0 Å². The third-order valence-electron chi connectivity index (χ3n) is 3.56. The molecule has 0 fully saturated rings. The monoisotopic (exact) mass is 275 g/mol. The molecule has 0 unspecified atom stereocenters. The first-order valence-corrected chi connectivity index (χ1v) is 7.16. The van der Waals surface area contributed by atoms with E-state index < -0.39 is 0 Å². The van der Waals surface area contributed by atoms with Gasteiger partial charge in [-0.25, -0.2) is 0 Å². The van der Waals surface area contributed by atoms with E-state index in [1.165, 1.54) is 0 Å². The number of carbonyl (C=O) groups is 2. The van der Waals surface area contributed by atoms with Crippen LogP contribution in [0.3, 0.4) is 0 Å². The van der Waals surface area contributed by atoms with Crippen LogP contribution in [0.15, 0.2) is 18.2 Å². The van der Waals surface area contributed by atoms with Crippen LogP contribution in [-0.4, -0.2) is 31.4 Å². The summed E-state index contributed by atoms with van der Waals surface area (Å²) in [6.45, 7) is 5.23. The Kier molecular flexibility index (Phi) is 4.77. The lowest BCUT2D eigenvalue weighted by Crippen LogP contribution is -2.29. The molecule has 0 atom stereocenters. The van der Waals surface area contributed by atoms with Gasteiger partial charge in [0.1, 0.15) is 6.54 Å². The lowest BCUT2D eigenvalue weighted by molar-refractivity contribution is -0.142. The first-order valence-electron chi connectivity index (χ1n) is 7.16. The molecular weight excluding hydrogens is 254 g/mol. The zero-order chi connectivity index (χ0) is 14.5. The van der Waals surface area contributed by atoms with Crippen molar-refractivity contribution >= 4 is 17.4 Å². The highest BCUT2D eigenvalue weighted by molar-refractivity contribution is 5.95. The Balaban J connectivity index is 1.98. The van der Waals surface area contributed by atoms with Gasteiger partial charge in [-0.3, -0.25) is 9.59 Å². The number of unbranched alkanes of at least 4 members (excludes halogenated alkanes) is 1. The molecule has 4 heteroatoms. The fourth-order valence-corrected chi connectivity index (χ4v) is 2.39. The number of Topliss-reactive ketones (excluding diaryl/α,β-unsaturated/α-hetero) is 1. The van der Waals surface area contributed by atoms with Gasteiger partial charge in [-0.1, -0.05) is 13.3 Å². The van der Waals surface area contributed by atoms with Crippen molar-refractivity contribution in [3.63, 3.8) is 0 Å². The molecule has 0 N–H and O–H groups in total. The average Bonchev–Trinajstić information content (AvgIpc) is 2.81. The Hall–Kier alpha value is -1.84. The van der Waals surface area contributed by atoms with Gasteiger partial charge in [0.15, 0.2) is 5.78 Å². The smallest absolute Gasteiger partial charge is 0.325 e. The van der Waals surface area contributed by atoms with E-state index in [0.717, 1.165) is 42.6 Å². The fourth-order valence-electron chi connectivity index (χ4n) is 2.39. The Morgan fingerprint density at radius 3 is 2.85 bits per heavy atom. The summed E-state index contributed by atoms with van der Waals surface area (Å²) in [6, 6.07) is 5.68. The van der Waals surface area contributed by atoms with Gasteiger partial charge in [-0.05, 0) is 43.5 Å². The molecule has 0 bridgehead atoms.